The van der Waals surface area contributed by atoms with Crippen molar-refractivity contribution < 1.29 is 9.53 Å². The summed E-state index contributed by atoms with van der Waals surface area (Å²) in [5.41, 5.74) is 2.35. The zero-order chi connectivity index (χ0) is 18.6. The molecule has 2 aliphatic rings. The van der Waals surface area contributed by atoms with Crippen LogP contribution in [0.15, 0.2) is 54.6 Å². The smallest absolute Gasteiger partial charge is 0.227 e. The van der Waals surface area contributed by atoms with Crippen LogP contribution in [0.1, 0.15) is 24.0 Å². The molecule has 4 heteroatoms. The number of ether oxygens (including phenoxy) is 1. The van der Waals surface area contributed by atoms with Crippen LogP contribution >= 0.6 is 0 Å². The predicted molar refractivity (Wildman–Crippen MR) is 107 cm³/mol. The fourth-order valence-corrected chi connectivity index (χ4v) is 4.06. The SMILES string of the molecule is COc1ccc(CC(=O)N2CCN(C3CC3)CC2Cc2ccccc2)cc1. The predicted octanol–water partition coefficient (Wildman–Crippen LogP) is 3.16. The standard InChI is InChI=1S/C23H28N2O2/c1-27-22-11-7-19(8-12-22)16-23(26)25-14-13-24(20-9-10-20)17-21(25)15-18-5-3-2-4-6-18/h2-8,11-12,20-21H,9-10,13-17H2,1H3. The minimum absolute atomic E-state index is 0.233. The van der Waals surface area contributed by atoms with Crippen LogP contribution in [0.3, 0.4) is 0 Å². The average Bonchev–Trinajstić information content (AvgIpc) is 3.55. The zero-order valence-corrected chi connectivity index (χ0v) is 16.0. The molecule has 2 aromatic rings. The van der Waals surface area contributed by atoms with Crippen LogP contribution in [0.4, 0.5) is 0 Å². The maximum atomic E-state index is 13.1. The van der Waals surface area contributed by atoms with Crippen LogP contribution in [0, 0.1) is 0 Å². The van der Waals surface area contributed by atoms with Crippen LogP contribution < -0.4 is 4.74 Å². The molecule has 27 heavy (non-hydrogen) atoms. The highest BCUT2D eigenvalue weighted by Crippen LogP contribution is 2.30. The average molecular weight is 364 g/mol. The van der Waals surface area contributed by atoms with Gasteiger partial charge in [-0.15, -0.1) is 0 Å². The van der Waals surface area contributed by atoms with Crippen LogP contribution in [-0.4, -0.2) is 54.5 Å². The number of piperazine rings is 1. The number of carbonyl (C=O) groups excluding carboxylic acids is 1. The Balaban J connectivity index is 1.46. The van der Waals surface area contributed by atoms with Gasteiger partial charge in [0.15, 0.2) is 0 Å². The van der Waals surface area contributed by atoms with E-state index in [2.05, 4.69) is 34.1 Å². The first kappa shape index (κ1) is 18.1. The van der Waals surface area contributed by atoms with E-state index < -0.39 is 0 Å². The second kappa shape index (κ2) is 8.13. The number of methoxy groups -OCH3 is 1. The molecule has 4 rings (SSSR count). The van der Waals surface area contributed by atoms with E-state index in [-0.39, 0.29) is 11.9 Å². The number of benzene rings is 2. The van der Waals surface area contributed by atoms with E-state index in [1.807, 2.05) is 30.3 Å². The summed E-state index contributed by atoms with van der Waals surface area (Å²) in [5, 5.41) is 0. The summed E-state index contributed by atoms with van der Waals surface area (Å²) >= 11 is 0. The molecule has 2 aromatic carbocycles. The molecule has 4 nitrogen and oxygen atoms in total. The Bertz CT molecular complexity index is 756. The van der Waals surface area contributed by atoms with Gasteiger partial charge in [0.2, 0.25) is 5.91 Å². The lowest BCUT2D eigenvalue weighted by Crippen LogP contribution is -2.56. The van der Waals surface area contributed by atoms with Gasteiger partial charge in [0.05, 0.1) is 13.5 Å². The van der Waals surface area contributed by atoms with Gasteiger partial charge < -0.3 is 9.64 Å². The van der Waals surface area contributed by atoms with Crippen molar-refractivity contribution in [2.45, 2.75) is 37.8 Å². The molecule has 0 spiro atoms. The first-order valence-corrected chi connectivity index (χ1v) is 9.93. The number of carbonyl (C=O) groups is 1. The van der Waals surface area contributed by atoms with E-state index in [1.54, 1.807) is 7.11 Å². The monoisotopic (exact) mass is 364 g/mol. The van der Waals surface area contributed by atoms with Crippen molar-refractivity contribution in [2.75, 3.05) is 26.7 Å². The van der Waals surface area contributed by atoms with Gasteiger partial charge in [0, 0.05) is 31.7 Å². The van der Waals surface area contributed by atoms with E-state index >= 15 is 0 Å². The first-order valence-electron chi connectivity index (χ1n) is 9.93. The minimum atomic E-state index is 0.233. The van der Waals surface area contributed by atoms with Crippen LogP contribution in [0.5, 0.6) is 5.75 Å². The molecule has 0 N–H and O–H groups in total. The highest BCUT2D eigenvalue weighted by atomic mass is 16.5. The Morgan fingerprint density at radius 2 is 1.74 bits per heavy atom. The third-order valence-electron chi connectivity index (χ3n) is 5.73. The summed E-state index contributed by atoms with van der Waals surface area (Å²) in [4.78, 5) is 17.8. The molecule has 0 bridgehead atoms. The van der Waals surface area contributed by atoms with Crippen molar-refractivity contribution >= 4 is 5.91 Å². The van der Waals surface area contributed by atoms with Crippen molar-refractivity contribution in [1.29, 1.82) is 0 Å². The van der Waals surface area contributed by atoms with Gasteiger partial charge in [-0.2, -0.15) is 0 Å². The third kappa shape index (κ3) is 4.51. The quantitative estimate of drug-likeness (QED) is 0.789. The molecule has 0 aromatic heterocycles. The molecule has 0 radical (unpaired) electrons. The van der Waals surface area contributed by atoms with E-state index in [0.29, 0.717) is 6.42 Å². The van der Waals surface area contributed by atoms with E-state index in [1.165, 1.54) is 18.4 Å². The van der Waals surface area contributed by atoms with Crippen LogP contribution in [-0.2, 0) is 17.6 Å². The number of rotatable bonds is 6. The van der Waals surface area contributed by atoms with Gasteiger partial charge in [-0.3, -0.25) is 9.69 Å². The Morgan fingerprint density at radius 3 is 2.41 bits per heavy atom. The largest absolute Gasteiger partial charge is 0.497 e. The van der Waals surface area contributed by atoms with Gasteiger partial charge in [0.1, 0.15) is 5.75 Å². The topological polar surface area (TPSA) is 32.8 Å². The maximum Gasteiger partial charge on any atom is 0.227 e. The molecule has 142 valence electrons. The normalized spacial score (nSPS) is 20.5. The Hall–Kier alpha value is -2.33. The number of hydrogen-bond donors (Lipinski definition) is 0. The van der Waals surface area contributed by atoms with Crippen molar-refractivity contribution in [2.24, 2.45) is 0 Å². The lowest BCUT2D eigenvalue weighted by atomic mass is 10.0. The third-order valence-corrected chi connectivity index (χ3v) is 5.73. The summed E-state index contributed by atoms with van der Waals surface area (Å²) in [6.07, 6.45) is 4.02. The fourth-order valence-electron chi connectivity index (χ4n) is 4.06. The summed E-state index contributed by atoms with van der Waals surface area (Å²) in [6, 6.07) is 19.4. The molecule has 1 aliphatic carbocycles. The van der Waals surface area contributed by atoms with Gasteiger partial charge in [-0.1, -0.05) is 42.5 Å². The van der Waals surface area contributed by atoms with Crippen molar-refractivity contribution in [3.8, 4) is 5.75 Å². The summed E-state index contributed by atoms with van der Waals surface area (Å²) in [6.45, 7) is 2.83. The molecule has 1 heterocycles. The Kier molecular flexibility index (Phi) is 5.44. The van der Waals surface area contributed by atoms with Gasteiger partial charge in [0.25, 0.3) is 0 Å². The van der Waals surface area contributed by atoms with Crippen molar-refractivity contribution in [1.82, 2.24) is 9.80 Å². The second-order valence-electron chi connectivity index (χ2n) is 7.68. The van der Waals surface area contributed by atoms with E-state index in [9.17, 15) is 4.79 Å². The summed E-state index contributed by atoms with van der Waals surface area (Å²) < 4.78 is 5.21. The summed E-state index contributed by atoms with van der Waals surface area (Å²) in [5.74, 6) is 1.06. The maximum absolute atomic E-state index is 13.1. The van der Waals surface area contributed by atoms with Gasteiger partial charge in [-0.05, 0) is 42.5 Å². The highest BCUT2D eigenvalue weighted by molar-refractivity contribution is 5.79. The number of amides is 1. The molecular formula is C23H28N2O2. The Labute approximate surface area is 161 Å². The molecule has 1 aliphatic heterocycles. The van der Waals surface area contributed by atoms with Gasteiger partial charge >= 0.3 is 0 Å². The molecule has 1 atom stereocenters. The molecule has 1 amide bonds. The second-order valence-corrected chi connectivity index (χ2v) is 7.68. The summed E-state index contributed by atoms with van der Waals surface area (Å²) in [7, 11) is 1.66. The first-order chi connectivity index (χ1) is 13.2. The molecule has 1 saturated heterocycles. The molecule has 1 unspecified atom stereocenters. The zero-order valence-electron chi connectivity index (χ0n) is 16.0. The highest BCUT2D eigenvalue weighted by Gasteiger charge is 2.37. The molecule has 1 saturated carbocycles. The van der Waals surface area contributed by atoms with Crippen LogP contribution in [0.2, 0.25) is 0 Å². The minimum Gasteiger partial charge on any atom is -0.497 e. The number of hydrogen-bond acceptors (Lipinski definition) is 3. The van der Waals surface area contributed by atoms with Gasteiger partial charge in [-0.25, -0.2) is 0 Å². The van der Waals surface area contributed by atoms with E-state index in [4.69, 9.17) is 4.74 Å². The number of nitrogens with zero attached hydrogens (tertiary/aromatic N) is 2. The molecule has 2 fully saturated rings. The van der Waals surface area contributed by atoms with Crippen molar-refractivity contribution in [3.63, 3.8) is 0 Å². The lowest BCUT2D eigenvalue weighted by Gasteiger charge is -2.42. The lowest BCUT2D eigenvalue weighted by molar-refractivity contribution is -0.135. The van der Waals surface area contributed by atoms with Crippen molar-refractivity contribution in [3.05, 3.63) is 65.7 Å². The fraction of sp³-hybridized carbons (Fsp3) is 0.435. The molecular weight excluding hydrogens is 336 g/mol. The Morgan fingerprint density at radius 1 is 1.00 bits per heavy atom. The van der Waals surface area contributed by atoms with E-state index in [0.717, 1.165) is 43.4 Å². The van der Waals surface area contributed by atoms with Crippen LogP contribution in [0.25, 0.3) is 0 Å².